The molecule has 0 aromatic carbocycles. The number of carbonyl (C=O) groups is 1. The van der Waals surface area contributed by atoms with Crippen LogP contribution < -0.4 is 4.72 Å². The molecule has 0 radical (unpaired) electrons. The highest BCUT2D eigenvalue weighted by Gasteiger charge is 2.39. The van der Waals surface area contributed by atoms with Gasteiger partial charge in [-0.15, -0.1) is 0 Å². The Balaban J connectivity index is 1.40. The second kappa shape index (κ2) is 6.64. The first kappa shape index (κ1) is 17.4. The lowest BCUT2D eigenvalue weighted by Gasteiger charge is -2.42. The first-order valence-corrected chi connectivity index (χ1v) is 10.3. The van der Waals surface area contributed by atoms with Gasteiger partial charge in [-0.05, 0) is 43.7 Å². The molecule has 2 aromatic heterocycles. The molecule has 0 spiro atoms. The van der Waals surface area contributed by atoms with Crippen LogP contribution in [0.4, 0.5) is 0 Å². The molecule has 2 fully saturated rings. The first-order valence-electron chi connectivity index (χ1n) is 8.82. The maximum absolute atomic E-state index is 12.7. The predicted molar refractivity (Wildman–Crippen MR) is 95.2 cm³/mol. The van der Waals surface area contributed by atoms with Crippen molar-refractivity contribution in [3.63, 3.8) is 0 Å². The molecule has 0 saturated heterocycles. The van der Waals surface area contributed by atoms with Gasteiger partial charge in [-0.3, -0.25) is 9.69 Å². The van der Waals surface area contributed by atoms with Gasteiger partial charge in [0.05, 0.1) is 6.54 Å². The molecular weight excluding hydrogens is 356 g/mol. The van der Waals surface area contributed by atoms with Crippen molar-refractivity contribution in [1.29, 1.82) is 0 Å². The van der Waals surface area contributed by atoms with Crippen LogP contribution >= 0.6 is 0 Å². The quantitative estimate of drug-likeness (QED) is 0.635. The zero-order valence-corrected chi connectivity index (χ0v) is 15.1. The third kappa shape index (κ3) is 3.60. The molecule has 2 saturated carbocycles. The molecule has 2 aliphatic carbocycles. The number of nitrogens with one attached hydrogen (secondary N) is 2. The number of sulfonamides is 1. The number of nitrogens with zero attached hydrogens (tertiary/aromatic N) is 2. The highest BCUT2D eigenvalue weighted by Crippen LogP contribution is 2.34. The standard InChI is InChI=1S/C17H22N4O4S/c22-16(23)10-21(9-11-3-4-11)13-6-12(7-13)20-26(24,25)15-8-19-17-14(15)2-1-5-18-17/h1-2,5,8,11-13,20H,3-4,6-7,9-10H2,(H,18,19)(H,22,23). The van der Waals surface area contributed by atoms with E-state index in [2.05, 4.69) is 14.7 Å². The number of pyridine rings is 1. The van der Waals surface area contributed by atoms with Crippen molar-refractivity contribution in [3.8, 4) is 0 Å². The van der Waals surface area contributed by atoms with Gasteiger partial charge < -0.3 is 10.1 Å². The Hall–Kier alpha value is -1.97. The summed E-state index contributed by atoms with van der Waals surface area (Å²) in [5.74, 6) is -0.232. The van der Waals surface area contributed by atoms with E-state index >= 15 is 0 Å². The lowest BCUT2D eigenvalue weighted by atomic mass is 9.86. The average Bonchev–Trinajstić information content (AvgIpc) is 3.24. The zero-order chi connectivity index (χ0) is 18.3. The number of carboxylic acid groups (broad SMARTS) is 1. The van der Waals surface area contributed by atoms with E-state index in [4.69, 9.17) is 5.11 Å². The van der Waals surface area contributed by atoms with E-state index in [1.54, 1.807) is 18.3 Å². The number of H-pyrrole nitrogens is 1. The van der Waals surface area contributed by atoms with E-state index < -0.39 is 16.0 Å². The fraction of sp³-hybridized carbons (Fsp3) is 0.529. The Kier molecular flexibility index (Phi) is 4.45. The summed E-state index contributed by atoms with van der Waals surface area (Å²) in [7, 11) is -3.64. The summed E-state index contributed by atoms with van der Waals surface area (Å²) in [5.41, 5.74) is 0.538. The maximum atomic E-state index is 12.7. The van der Waals surface area contributed by atoms with Crippen LogP contribution in [0.25, 0.3) is 11.0 Å². The molecule has 0 aliphatic heterocycles. The van der Waals surface area contributed by atoms with E-state index in [1.807, 2.05) is 4.90 Å². The number of rotatable bonds is 8. The third-order valence-corrected chi connectivity index (χ3v) is 6.74. The van der Waals surface area contributed by atoms with Gasteiger partial charge in [-0.1, -0.05) is 0 Å². The van der Waals surface area contributed by atoms with Crippen molar-refractivity contribution in [2.45, 2.75) is 42.7 Å². The highest BCUT2D eigenvalue weighted by atomic mass is 32.2. The Morgan fingerprint density at radius 1 is 1.38 bits per heavy atom. The predicted octanol–water partition coefficient (Wildman–Crippen LogP) is 1.17. The molecule has 0 amide bonds. The largest absolute Gasteiger partial charge is 0.480 e. The average molecular weight is 378 g/mol. The van der Waals surface area contributed by atoms with E-state index in [9.17, 15) is 13.2 Å². The Bertz CT molecular complexity index is 916. The highest BCUT2D eigenvalue weighted by molar-refractivity contribution is 7.89. The summed E-state index contributed by atoms with van der Waals surface area (Å²) < 4.78 is 28.1. The fourth-order valence-electron chi connectivity index (χ4n) is 3.57. The molecule has 0 atom stereocenters. The molecular formula is C17H22N4O4S. The number of aromatic nitrogens is 2. The summed E-state index contributed by atoms with van der Waals surface area (Å²) in [6.07, 6.45) is 6.66. The molecule has 3 N–H and O–H groups in total. The van der Waals surface area contributed by atoms with Crippen molar-refractivity contribution in [3.05, 3.63) is 24.5 Å². The Morgan fingerprint density at radius 3 is 2.85 bits per heavy atom. The zero-order valence-electron chi connectivity index (χ0n) is 14.3. The smallest absolute Gasteiger partial charge is 0.317 e. The molecule has 140 valence electrons. The van der Waals surface area contributed by atoms with Gasteiger partial charge in [-0.25, -0.2) is 18.1 Å². The van der Waals surface area contributed by atoms with Gasteiger partial charge in [0, 0.05) is 36.4 Å². The normalized spacial score (nSPS) is 23.3. The summed E-state index contributed by atoms with van der Waals surface area (Å²) >= 11 is 0. The van der Waals surface area contributed by atoms with Crippen molar-refractivity contribution < 1.29 is 18.3 Å². The van der Waals surface area contributed by atoms with Crippen LogP contribution in [-0.4, -0.2) is 59.5 Å². The van der Waals surface area contributed by atoms with Crippen LogP contribution in [0.2, 0.25) is 0 Å². The van der Waals surface area contributed by atoms with Gasteiger partial charge in [0.15, 0.2) is 0 Å². The van der Waals surface area contributed by atoms with Gasteiger partial charge in [0.25, 0.3) is 0 Å². The summed E-state index contributed by atoms with van der Waals surface area (Å²) in [5, 5.41) is 9.67. The van der Waals surface area contributed by atoms with E-state index in [1.165, 1.54) is 6.20 Å². The van der Waals surface area contributed by atoms with Crippen LogP contribution in [-0.2, 0) is 14.8 Å². The number of fused-ring (bicyclic) bond motifs is 1. The lowest BCUT2D eigenvalue weighted by molar-refractivity contribution is -0.139. The minimum absolute atomic E-state index is 0.0226. The van der Waals surface area contributed by atoms with Gasteiger partial charge >= 0.3 is 5.97 Å². The molecule has 0 unspecified atom stereocenters. The number of hydrogen-bond acceptors (Lipinski definition) is 5. The second-order valence-electron chi connectivity index (χ2n) is 7.26. The molecule has 9 heteroatoms. The van der Waals surface area contributed by atoms with E-state index in [0.717, 1.165) is 19.4 Å². The first-order chi connectivity index (χ1) is 12.4. The summed E-state index contributed by atoms with van der Waals surface area (Å²) in [4.78, 5) is 20.3. The molecule has 0 bridgehead atoms. The molecule has 2 aromatic rings. The minimum atomic E-state index is -3.64. The summed E-state index contributed by atoms with van der Waals surface area (Å²) in [6.45, 7) is 0.819. The van der Waals surface area contributed by atoms with Crippen molar-refractivity contribution in [2.24, 2.45) is 5.92 Å². The number of aromatic amines is 1. The third-order valence-electron chi connectivity index (χ3n) is 5.18. The topological polar surface area (TPSA) is 115 Å². The van der Waals surface area contributed by atoms with Crippen LogP contribution in [0.15, 0.2) is 29.4 Å². The van der Waals surface area contributed by atoms with Gasteiger partial charge in [0.2, 0.25) is 10.0 Å². The molecule has 2 heterocycles. The Morgan fingerprint density at radius 2 is 2.15 bits per heavy atom. The van der Waals surface area contributed by atoms with E-state index in [0.29, 0.717) is 29.8 Å². The summed E-state index contributed by atoms with van der Waals surface area (Å²) in [6, 6.07) is 3.39. The monoisotopic (exact) mass is 378 g/mol. The second-order valence-corrected chi connectivity index (χ2v) is 8.94. The van der Waals surface area contributed by atoms with Crippen LogP contribution in [0.3, 0.4) is 0 Å². The minimum Gasteiger partial charge on any atom is -0.480 e. The van der Waals surface area contributed by atoms with E-state index in [-0.39, 0.29) is 23.5 Å². The van der Waals surface area contributed by atoms with Gasteiger partial charge in [0.1, 0.15) is 10.5 Å². The lowest BCUT2D eigenvalue weighted by Crippen LogP contribution is -2.55. The number of hydrogen-bond donors (Lipinski definition) is 3. The number of carboxylic acids is 1. The van der Waals surface area contributed by atoms with Crippen molar-refractivity contribution >= 4 is 27.0 Å². The molecule has 4 rings (SSSR count). The maximum Gasteiger partial charge on any atom is 0.317 e. The molecule has 8 nitrogen and oxygen atoms in total. The van der Waals surface area contributed by atoms with Crippen LogP contribution in [0.1, 0.15) is 25.7 Å². The molecule has 2 aliphatic rings. The van der Waals surface area contributed by atoms with Crippen molar-refractivity contribution in [1.82, 2.24) is 19.6 Å². The fourth-order valence-corrected chi connectivity index (χ4v) is 4.99. The van der Waals surface area contributed by atoms with Gasteiger partial charge in [-0.2, -0.15) is 0 Å². The van der Waals surface area contributed by atoms with Crippen molar-refractivity contribution in [2.75, 3.05) is 13.1 Å². The Labute approximate surface area is 151 Å². The number of aliphatic carboxylic acids is 1. The molecule has 26 heavy (non-hydrogen) atoms. The van der Waals surface area contributed by atoms with Crippen LogP contribution in [0.5, 0.6) is 0 Å². The van der Waals surface area contributed by atoms with Crippen LogP contribution in [0, 0.1) is 5.92 Å². The SMILES string of the molecule is O=C(O)CN(CC1CC1)C1CC(NS(=O)(=O)c2c[nH]c3ncccc23)C1.